The largest absolute Gasteiger partial charge is 0.435 e. The summed E-state index contributed by atoms with van der Waals surface area (Å²) in [6.45, 7) is 6.70. The molecule has 0 aliphatic heterocycles. The van der Waals surface area contributed by atoms with Crippen LogP contribution in [-0.4, -0.2) is 29.4 Å². The Labute approximate surface area is 137 Å². The first kappa shape index (κ1) is 18.4. The molecule has 0 unspecified atom stereocenters. The van der Waals surface area contributed by atoms with Gasteiger partial charge in [0, 0.05) is 32.2 Å². The normalized spacial score (nSPS) is 12.8. The van der Waals surface area contributed by atoms with Gasteiger partial charge in [-0.15, -0.1) is 0 Å². The zero-order valence-corrected chi connectivity index (χ0v) is 14.6. The van der Waals surface area contributed by atoms with E-state index in [9.17, 15) is 23.3 Å². The predicted octanol–water partition coefficient (Wildman–Crippen LogP) is 4.28. The van der Waals surface area contributed by atoms with Gasteiger partial charge < -0.3 is 4.74 Å². The van der Waals surface area contributed by atoms with Crippen molar-refractivity contribution in [1.29, 1.82) is 0 Å². The van der Waals surface area contributed by atoms with Crippen LogP contribution in [0, 0.1) is 10.1 Å². The molecule has 1 aromatic heterocycles. The zero-order valence-electron chi connectivity index (χ0n) is 13.6. The number of hydrogen-bond donors (Lipinski definition) is 0. The van der Waals surface area contributed by atoms with Crippen LogP contribution in [0.5, 0.6) is 0 Å². The van der Waals surface area contributed by atoms with Crippen LogP contribution < -0.4 is 0 Å². The molecule has 6 nitrogen and oxygen atoms in total. The fraction of sp³-hybridized carbons (Fsp3) is 0.500. The number of hydrogen-bond acceptors (Lipinski definition) is 4. The van der Waals surface area contributed by atoms with Gasteiger partial charge in [0.15, 0.2) is 5.69 Å². The van der Waals surface area contributed by atoms with Crippen LogP contribution in [0.1, 0.15) is 5.69 Å². The molecule has 2 rings (SSSR count). The van der Waals surface area contributed by atoms with Crippen LogP contribution in [0.15, 0.2) is 18.2 Å². The van der Waals surface area contributed by atoms with Gasteiger partial charge in [0.1, 0.15) is 6.73 Å². The van der Waals surface area contributed by atoms with E-state index in [4.69, 9.17) is 4.74 Å². The lowest BCUT2D eigenvalue weighted by atomic mass is 10.2. The maximum absolute atomic E-state index is 13.1. The number of nitro benzene ring substituents is 1. The van der Waals surface area contributed by atoms with E-state index in [1.807, 2.05) is 0 Å². The number of nitrogens with zero attached hydrogens (tertiary/aromatic N) is 3. The predicted molar refractivity (Wildman–Crippen MR) is 85.5 cm³/mol. The molecule has 24 heavy (non-hydrogen) atoms. The van der Waals surface area contributed by atoms with Gasteiger partial charge in [0.2, 0.25) is 0 Å². The highest BCUT2D eigenvalue weighted by atomic mass is 28.3. The first-order chi connectivity index (χ1) is 11.0. The Hall–Kier alpha value is -1.94. The summed E-state index contributed by atoms with van der Waals surface area (Å²) < 4.78 is 45.7. The van der Waals surface area contributed by atoms with Crippen molar-refractivity contribution in [2.45, 2.75) is 38.6 Å². The fourth-order valence-electron chi connectivity index (χ4n) is 2.11. The van der Waals surface area contributed by atoms with Crippen molar-refractivity contribution in [2.75, 3.05) is 6.61 Å². The summed E-state index contributed by atoms with van der Waals surface area (Å²) in [4.78, 5) is 10.2. The zero-order chi connectivity index (χ0) is 18.1. The summed E-state index contributed by atoms with van der Waals surface area (Å²) in [5.41, 5.74) is -1.33. The minimum absolute atomic E-state index is 0.0320. The molecule has 0 bridgehead atoms. The molecule has 1 heterocycles. The molecule has 0 saturated heterocycles. The molecular weight excluding hydrogens is 343 g/mol. The van der Waals surface area contributed by atoms with Crippen LogP contribution >= 0.6 is 0 Å². The lowest BCUT2D eigenvalue weighted by Gasteiger charge is -2.15. The Balaban J connectivity index is 2.33. The van der Waals surface area contributed by atoms with E-state index in [1.165, 1.54) is 0 Å². The number of benzene rings is 1. The van der Waals surface area contributed by atoms with Gasteiger partial charge >= 0.3 is 6.18 Å². The van der Waals surface area contributed by atoms with Crippen molar-refractivity contribution in [3.63, 3.8) is 0 Å². The maximum Gasteiger partial charge on any atom is 0.435 e. The van der Waals surface area contributed by atoms with Gasteiger partial charge in [-0.25, -0.2) is 4.68 Å². The SMILES string of the molecule is C[Si](C)(C)CCOCn1nc(C(F)(F)F)c2ccc([N+](=O)[O-])cc21. The van der Waals surface area contributed by atoms with Crippen LogP contribution in [0.3, 0.4) is 0 Å². The van der Waals surface area contributed by atoms with Crippen molar-refractivity contribution in [2.24, 2.45) is 0 Å². The molecule has 1 aromatic carbocycles. The van der Waals surface area contributed by atoms with Gasteiger partial charge in [-0.2, -0.15) is 18.3 Å². The Morgan fingerprint density at radius 3 is 2.54 bits per heavy atom. The minimum Gasteiger partial charge on any atom is -0.360 e. The molecule has 0 radical (unpaired) electrons. The van der Waals surface area contributed by atoms with Crippen molar-refractivity contribution >= 4 is 24.7 Å². The van der Waals surface area contributed by atoms with E-state index in [1.54, 1.807) is 0 Å². The first-order valence-electron chi connectivity index (χ1n) is 7.29. The second-order valence-electron chi connectivity index (χ2n) is 6.65. The number of rotatable bonds is 6. The highest BCUT2D eigenvalue weighted by Crippen LogP contribution is 2.35. The number of nitro groups is 1. The molecule has 10 heteroatoms. The molecule has 0 amide bonds. The molecule has 0 fully saturated rings. The van der Waals surface area contributed by atoms with Crippen LogP contribution in [0.2, 0.25) is 25.7 Å². The van der Waals surface area contributed by atoms with Gasteiger partial charge in [0.25, 0.3) is 5.69 Å². The average molecular weight is 361 g/mol. The number of non-ortho nitro benzene ring substituents is 1. The summed E-state index contributed by atoms with van der Waals surface area (Å²) in [6.07, 6.45) is -4.64. The summed E-state index contributed by atoms with van der Waals surface area (Å²) in [7, 11) is -1.32. The first-order valence-corrected chi connectivity index (χ1v) is 11.0. The lowest BCUT2D eigenvalue weighted by molar-refractivity contribution is -0.384. The number of aromatic nitrogens is 2. The van der Waals surface area contributed by atoms with Crippen molar-refractivity contribution in [3.8, 4) is 0 Å². The molecule has 0 spiro atoms. The summed E-state index contributed by atoms with van der Waals surface area (Å²) in [6, 6.07) is 4.05. The van der Waals surface area contributed by atoms with Gasteiger partial charge in [0.05, 0.1) is 10.4 Å². The van der Waals surface area contributed by atoms with Crippen LogP contribution in [0.25, 0.3) is 10.9 Å². The molecule has 0 N–H and O–H groups in total. The minimum atomic E-state index is -4.64. The van der Waals surface area contributed by atoms with Crippen molar-refractivity contribution in [1.82, 2.24) is 9.78 Å². The van der Waals surface area contributed by atoms with E-state index in [0.717, 1.165) is 28.9 Å². The fourth-order valence-corrected chi connectivity index (χ4v) is 2.87. The topological polar surface area (TPSA) is 70.2 Å². The smallest absolute Gasteiger partial charge is 0.360 e. The Bertz CT molecular complexity index is 753. The van der Waals surface area contributed by atoms with Crippen LogP contribution in [0.4, 0.5) is 18.9 Å². The standard InChI is InChI=1S/C14H18F3N3O3Si/c1-24(2,3)7-6-23-9-19-12-8-10(20(21)22)4-5-11(12)13(18-19)14(15,16)17/h4-5,8H,6-7,9H2,1-3H3. The number of halogens is 3. The molecule has 2 aromatic rings. The molecule has 0 saturated carbocycles. The second kappa shape index (κ2) is 6.52. The third-order valence-corrected chi connectivity index (χ3v) is 5.13. The third kappa shape index (κ3) is 4.32. The highest BCUT2D eigenvalue weighted by Gasteiger charge is 2.37. The highest BCUT2D eigenvalue weighted by molar-refractivity contribution is 6.76. The van der Waals surface area contributed by atoms with Crippen LogP contribution in [-0.2, 0) is 17.6 Å². The quantitative estimate of drug-likeness (QED) is 0.333. The van der Waals surface area contributed by atoms with Gasteiger partial charge in [-0.3, -0.25) is 10.1 Å². The Morgan fingerprint density at radius 2 is 2.00 bits per heavy atom. The number of fused-ring (bicyclic) bond motifs is 1. The Morgan fingerprint density at radius 1 is 1.33 bits per heavy atom. The van der Waals surface area contributed by atoms with E-state index in [-0.39, 0.29) is 23.3 Å². The third-order valence-electron chi connectivity index (χ3n) is 3.42. The second-order valence-corrected chi connectivity index (χ2v) is 12.3. The summed E-state index contributed by atoms with van der Waals surface area (Å²) >= 11 is 0. The Kier molecular flexibility index (Phi) is 4.99. The molecular formula is C14H18F3N3O3Si. The van der Waals surface area contributed by atoms with Gasteiger partial charge in [-0.05, 0) is 12.1 Å². The van der Waals surface area contributed by atoms with E-state index >= 15 is 0 Å². The van der Waals surface area contributed by atoms with Crippen molar-refractivity contribution in [3.05, 3.63) is 34.0 Å². The molecule has 0 aliphatic carbocycles. The lowest BCUT2D eigenvalue weighted by Crippen LogP contribution is -2.22. The van der Waals surface area contributed by atoms with E-state index in [0.29, 0.717) is 6.61 Å². The average Bonchev–Trinajstić information content (AvgIpc) is 2.80. The number of ether oxygens (including phenoxy) is 1. The molecule has 132 valence electrons. The van der Waals surface area contributed by atoms with Gasteiger partial charge in [-0.1, -0.05) is 19.6 Å². The van der Waals surface area contributed by atoms with Crippen molar-refractivity contribution < 1.29 is 22.8 Å². The summed E-state index contributed by atoms with van der Waals surface area (Å²) in [5, 5.41) is 14.2. The van der Waals surface area contributed by atoms with E-state index in [2.05, 4.69) is 24.7 Å². The maximum atomic E-state index is 13.1. The number of alkyl halides is 3. The molecule has 0 atom stereocenters. The monoisotopic (exact) mass is 361 g/mol. The molecule has 0 aliphatic rings. The summed E-state index contributed by atoms with van der Waals surface area (Å²) in [5.74, 6) is 0. The van der Waals surface area contributed by atoms with E-state index < -0.39 is 24.9 Å².